The van der Waals surface area contributed by atoms with Crippen LogP contribution in [-0.4, -0.2) is 20.6 Å². The number of rotatable bonds is 6. The molecule has 2 aromatic heterocycles. The fraction of sp³-hybridized carbons (Fsp3) is 0.182. The molecular weight excluding hydrogens is 404 g/mol. The number of halogens is 1. The van der Waals surface area contributed by atoms with Crippen molar-refractivity contribution in [2.75, 3.05) is 5.32 Å². The zero-order chi connectivity index (χ0) is 21.1. The van der Waals surface area contributed by atoms with E-state index in [4.69, 9.17) is 16.1 Å². The van der Waals surface area contributed by atoms with Crippen molar-refractivity contribution in [1.82, 2.24) is 14.7 Å². The summed E-state index contributed by atoms with van der Waals surface area (Å²) in [5, 5.41) is 7.22. The van der Waals surface area contributed by atoms with Crippen LogP contribution in [0.4, 0.5) is 5.69 Å². The summed E-state index contributed by atoms with van der Waals surface area (Å²) in [4.78, 5) is 29.3. The van der Waals surface area contributed by atoms with Gasteiger partial charge in [-0.15, -0.1) is 0 Å². The van der Waals surface area contributed by atoms with Gasteiger partial charge in [-0.25, -0.2) is 4.98 Å². The Morgan fingerprint density at radius 3 is 2.67 bits per heavy atom. The predicted octanol–water partition coefficient (Wildman–Crippen LogP) is 4.30. The molecule has 4 rings (SSSR count). The first-order chi connectivity index (χ1) is 14.6. The van der Waals surface area contributed by atoms with Gasteiger partial charge in [0.15, 0.2) is 0 Å². The molecule has 1 N–H and O–H groups in total. The summed E-state index contributed by atoms with van der Waals surface area (Å²) in [5.41, 5.74) is 3.17. The van der Waals surface area contributed by atoms with Gasteiger partial charge in [0, 0.05) is 18.5 Å². The van der Waals surface area contributed by atoms with Crippen LogP contribution in [0.3, 0.4) is 0 Å². The van der Waals surface area contributed by atoms with Gasteiger partial charge in [0.2, 0.25) is 5.91 Å². The third-order valence-electron chi connectivity index (χ3n) is 4.81. The van der Waals surface area contributed by atoms with Crippen LogP contribution in [0.1, 0.15) is 18.9 Å². The van der Waals surface area contributed by atoms with Crippen LogP contribution >= 0.6 is 11.6 Å². The Labute approximate surface area is 177 Å². The smallest absolute Gasteiger partial charge is 0.299 e. The Morgan fingerprint density at radius 1 is 1.17 bits per heavy atom. The second-order valence-electron chi connectivity index (χ2n) is 6.78. The number of aryl methyl sites for hydroxylation is 2. The van der Waals surface area contributed by atoms with Crippen molar-refractivity contribution >= 4 is 34.3 Å². The van der Waals surface area contributed by atoms with E-state index >= 15 is 0 Å². The molecule has 0 aliphatic rings. The Kier molecular flexibility index (Phi) is 5.63. The number of hydrogen-bond donors (Lipinski definition) is 1. The minimum atomic E-state index is -0.380. The molecule has 0 unspecified atom stereocenters. The maximum atomic E-state index is 12.7. The second kappa shape index (κ2) is 8.51. The Morgan fingerprint density at radius 2 is 1.93 bits per heavy atom. The molecule has 0 saturated heterocycles. The van der Waals surface area contributed by atoms with E-state index in [9.17, 15) is 9.59 Å². The van der Waals surface area contributed by atoms with Crippen LogP contribution in [-0.2, 0) is 17.8 Å². The molecule has 2 heterocycles. The van der Waals surface area contributed by atoms with Crippen molar-refractivity contribution in [1.29, 1.82) is 0 Å². The standard InChI is InChI=1S/C22H19ClN4O3/c1-2-14-7-9-15(10-8-14)19-20-21(30-26-19)22(29)27(13-24-20)12-11-18(28)25-17-6-4-3-5-16(17)23/h3-10,13H,2,11-12H2,1H3,(H,25,28). The van der Waals surface area contributed by atoms with E-state index in [1.807, 2.05) is 24.3 Å². The number of para-hydroxylation sites is 1. The number of hydrogen-bond acceptors (Lipinski definition) is 5. The van der Waals surface area contributed by atoms with E-state index in [1.54, 1.807) is 24.3 Å². The van der Waals surface area contributed by atoms with Crippen LogP contribution in [0.2, 0.25) is 5.02 Å². The number of fused-ring (bicyclic) bond motifs is 1. The average molecular weight is 423 g/mol. The van der Waals surface area contributed by atoms with Crippen molar-refractivity contribution in [2.45, 2.75) is 26.3 Å². The SMILES string of the molecule is CCc1ccc(-c2noc3c(=O)n(CCC(=O)Nc4ccccc4Cl)cnc23)cc1. The third-order valence-corrected chi connectivity index (χ3v) is 5.14. The number of aromatic nitrogens is 3. The van der Waals surface area contributed by atoms with E-state index < -0.39 is 0 Å². The largest absolute Gasteiger partial charge is 0.348 e. The molecule has 0 radical (unpaired) electrons. The second-order valence-corrected chi connectivity index (χ2v) is 7.19. The molecule has 1 amide bonds. The highest BCUT2D eigenvalue weighted by Crippen LogP contribution is 2.25. The zero-order valence-corrected chi connectivity index (χ0v) is 17.0. The lowest BCUT2D eigenvalue weighted by Crippen LogP contribution is -2.23. The number of carbonyl (C=O) groups is 1. The number of anilines is 1. The number of amides is 1. The lowest BCUT2D eigenvalue weighted by Gasteiger charge is -2.08. The molecule has 4 aromatic rings. The van der Waals surface area contributed by atoms with Crippen molar-refractivity contribution in [3.63, 3.8) is 0 Å². The average Bonchev–Trinajstić information content (AvgIpc) is 3.20. The molecule has 2 aromatic carbocycles. The van der Waals surface area contributed by atoms with Gasteiger partial charge in [-0.3, -0.25) is 14.2 Å². The maximum absolute atomic E-state index is 12.7. The number of nitrogens with zero attached hydrogens (tertiary/aromatic N) is 3. The lowest BCUT2D eigenvalue weighted by atomic mass is 10.1. The molecule has 0 aliphatic heterocycles. The van der Waals surface area contributed by atoms with Crippen molar-refractivity contribution in [3.8, 4) is 11.3 Å². The van der Waals surface area contributed by atoms with Gasteiger partial charge < -0.3 is 9.84 Å². The molecule has 152 valence electrons. The molecule has 0 fully saturated rings. The van der Waals surface area contributed by atoms with Crippen LogP contribution in [0, 0.1) is 0 Å². The molecular formula is C22H19ClN4O3. The first-order valence-corrected chi connectivity index (χ1v) is 9.93. The molecule has 0 aliphatic carbocycles. The van der Waals surface area contributed by atoms with E-state index in [-0.39, 0.29) is 30.0 Å². The molecule has 30 heavy (non-hydrogen) atoms. The van der Waals surface area contributed by atoms with Gasteiger partial charge in [0.1, 0.15) is 11.2 Å². The summed E-state index contributed by atoms with van der Waals surface area (Å²) in [6, 6.07) is 14.8. The maximum Gasteiger partial charge on any atom is 0.299 e. The first-order valence-electron chi connectivity index (χ1n) is 9.55. The molecule has 0 bridgehead atoms. The van der Waals surface area contributed by atoms with Gasteiger partial charge >= 0.3 is 0 Å². The quantitative estimate of drug-likeness (QED) is 0.500. The van der Waals surface area contributed by atoms with E-state index in [1.165, 1.54) is 16.5 Å². The Hall–Kier alpha value is -3.45. The van der Waals surface area contributed by atoms with Crippen molar-refractivity contribution in [3.05, 3.63) is 75.8 Å². The summed E-state index contributed by atoms with van der Waals surface area (Å²) >= 11 is 6.05. The summed E-state index contributed by atoms with van der Waals surface area (Å²) < 4.78 is 6.62. The van der Waals surface area contributed by atoms with Gasteiger partial charge in [-0.2, -0.15) is 0 Å². The van der Waals surface area contributed by atoms with Crippen molar-refractivity contribution in [2.24, 2.45) is 0 Å². The fourth-order valence-electron chi connectivity index (χ4n) is 3.10. The van der Waals surface area contributed by atoms with Crippen molar-refractivity contribution < 1.29 is 9.32 Å². The monoisotopic (exact) mass is 422 g/mol. The van der Waals surface area contributed by atoms with Gasteiger partial charge in [0.25, 0.3) is 11.1 Å². The highest BCUT2D eigenvalue weighted by atomic mass is 35.5. The minimum absolute atomic E-state index is 0.0681. The number of nitrogens with one attached hydrogen (secondary N) is 1. The van der Waals surface area contributed by atoms with E-state index in [0.29, 0.717) is 21.9 Å². The number of carbonyl (C=O) groups excluding carboxylic acids is 1. The van der Waals surface area contributed by atoms with Crippen LogP contribution < -0.4 is 10.9 Å². The van der Waals surface area contributed by atoms with Crippen LogP contribution in [0.15, 0.2) is 64.2 Å². The Balaban J connectivity index is 1.52. The normalized spacial score (nSPS) is 11.0. The molecule has 8 heteroatoms. The first kappa shape index (κ1) is 19.8. The van der Waals surface area contributed by atoms with Crippen LogP contribution in [0.5, 0.6) is 0 Å². The summed E-state index contributed by atoms with van der Waals surface area (Å²) in [5.74, 6) is -0.260. The van der Waals surface area contributed by atoms with Crippen LogP contribution in [0.25, 0.3) is 22.4 Å². The zero-order valence-electron chi connectivity index (χ0n) is 16.3. The third kappa shape index (κ3) is 3.97. The number of benzene rings is 2. The van der Waals surface area contributed by atoms with Gasteiger partial charge in [-0.1, -0.05) is 60.1 Å². The molecule has 7 nitrogen and oxygen atoms in total. The molecule has 0 spiro atoms. The molecule has 0 atom stereocenters. The topological polar surface area (TPSA) is 90.0 Å². The highest BCUT2D eigenvalue weighted by Gasteiger charge is 2.17. The summed E-state index contributed by atoms with van der Waals surface area (Å²) in [6.07, 6.45) is 2.43. The highest BCUT2D eigenvalue weighted by molar-refractivity contribution is 6.33. The minimum Gasteiger partial charge on any atom is -0.348 e. The fourth-order valence-corrected chi connectivity index (χ4v) is 3.28. The van der Waals surface area contributed by atoms with Gasteiger partial charge in [0.05, 0.1) is 17.0 Å². The van der Waals surface area contributed by atoms with E-state index in [0.717, 1.165) is 12.0 Å². The Bertz CT molecular complexity index is 1260. The molecule has 0 saturated carbocycles. The van der Waals surface area contributed by atoms with E-state index in [2.05, 4.69) is 22.4 Å². The van der Waals surface area contributed by atoms with Gasteiger partial charge in [-0.05, 0) is 24.1 Å². The predicted molar refractivity (Wildman–Crippen MR) is 116 cm³/mol. The summed E-state index contributed by atoms with van der Waals surface area (Å²) in [7, 11) is 0. The lowest BCUT2D eigenvalue weighted by molar-refractivity contribution is -0.116. The summed E-state index contributed by atoms with van der Waals surface area (Å²) in [6.45, 7) is 2.23.